The van der Waals surface area contributed by atoms with Gasteiger partial charge < -0.3 is 24.8 Å². The van der Waals surface area contributed by atoms with E-state index < -0.39 is 0 Å². The van der Waals surface area contributed by atoms with E-state index in [2.05, 4.69) is 146 Å². The van der Waals surface area contributed by atoms with Crippen molar-refractivity contribution >= 4 is 25.8 Å². The van der Waals surface area contributed by atoms with Crippen molar-refractivity contribution in [2.75, 3.05) is 0 Å². The Morgan fingerprint density at radius 2 is 0.979 bits per heavy atom. The van der Waals surface area contributed by atoms with Gasteiger partial charge in [-0.15, -0.1) is 39.7 Å². The topological polar surface area (TPSA) is 0 Å². The minimum atomic E-state index is 0. The van der Waals surface area contributed by atoms with Crippen LogP contribution in [0.3, 0.4) is 0 Å². The van der Waals surface area contributed by atoms with Crippen LogP contribution in [0.15, 0.2) is 121 Å². The zero-order valence-electron chi connectivity index (χ0n) is 30.0. The first-order chi connectivity index (χ1) is 21.2. The monoisotopic (exact) mass is 740 g/mol. The molecular weight excluding hydrogens is 691 g/mol. The molecule has 0 fully saturated rings. The molecule has 250 valence electrons. The summed E-state index contributed by atoms with van der Waals surface area (Å²) in [6, 6.07) is 41.1. The van der Waals surface area contributed by atoms with Crippen LogP contribution in [-0.2, 0) is 35.1 Å². The number of rotatable bonds is 0. The molecule has 1 aliphatic rings. The maximum absolute atomic E-state index is 3.34. The van der Waals surface area contributed by atoms with Crippen molar-refractivity contribution in [3.63, 3.8) is 0 Å². The Hall–Kier alpha value is -2.44. The average molecular weight is 743 g/mol. The van der Waals surface area contributed by atoms with E-state index in [0.717, 1.165) is 0 Å². The Kier molecular flexibility index (Phi) is 19.7. The molecule has 47 heavy (non-hydrogen) atoms. The molecule has 5 aromatic carbocycles. The van der Waals surface area contributed by atoms with Gasteiger partial charge in [0, 0.05) is 0 Å². The Morgan fingerprint density at radius 3 is 1.19 bits per heavy atom. The summed E-state index contributed by atoms with van der Waals surface area (Å²) in [5.41, 5.74) is 4.92. The Balaban J connectivity index is 0.000000676. The van der Waals surface area contributed by atoms with Crippen LogP contribution < -0.4 is 24.8 Å². The van der Waals surface area contributed by atoms with Gasteiger partial charge in [0.05, 0.1) is 0 Å². The second kappa shape index (κ2) is 20.8. The second-order valence-corrected chi connectivity index (χ2v) is 14.4. The predicted octanol–water partition coefficient (Wildman–Crippen LogP) is 6.22. The molecule has 1 aliphatic carbocycles. The summed E-state index contributed by atoms with van der Waals surface area (Å²) in [7, 11) is 0. The van der Waals surface area contributed by atoms with Crippen LogP contribution in [0.25, 0.3) is 21.5 Å². The number of fused-ring (bicyclic) bond motifs is 3. The largest absolute Gasteiger partial charge is 1.00 e. The van der Waals surface area contributed by atoms with E-state index in [4.69, 9.17) is 0 Å². The Labute approximate surface area is 314 Å². The summed E-state index contributed by atoms with van der Waals surface area (Å²) in [6.45, 7) is 22.5. The molecule has 3 heteroatoms. The number of hydrogen-bond donors (Lipinski definition) is 0. The summed E-state index contributed by atoms with van der Waals surface area (Å²) in [5.74, 6) is 0.522. The fraction of sp³-hybridized carbons (Fsp3) is 0.318. The summed E-state index contributed by atoms with van der Waals surface area (Å²) in [6.07, 6.45) is 7.65. The quantitative estimate of drug-likeness (QED) is 0.166. The second-order valence-electron chi connectivity index (χ2n) is 14.4. The summed E-state index contributed by atoms with van der Waals surface area (Å²) in [4.78, 5) is 0. The predicted molar refractivity (Wildman–Crippen MR) is 197 cm³/mol. The molecular formula is C44H52Cl2Zr-4. The van der Waals surface area contributed by atoms with Crippen LogP contribution in [0.1, 0.15) is 80.4 Å². The van der Waals surface area contributed by atoms with Gasteiger partial charge >= 0.3 is 28.4 Å². The molecule has 0 aliphatic heterocycles. The molecule has 0 saturated carbocycles. The maximum atomic E-state index is 3.34. The minimum Gasteiger partial charge on any atom is -1.00 e. The first-order valence-electron chi connectivity index (χ1n) is 15.8. The molecule has 0 saturated heterocycles. The van der Waals surface area contributed by atoms with Gasteiger partial charge in [0.2, 0.25) is 0 Å². The molecule has 5 aromatic rings. The van der Waals surface area contributed by atoms with Gasteiger partial charge in [-0.1, -0.05) is 116 Å². The van der Waals surface area contributed by atoms with Gasteiger partial charge in [-0.05, 0) is 10.8 Å². The standard InChI is InChI=1S/C21H25.C10H15.2C6H5.CH2.2ClH.Zr/c1-20(2,3)16-9-7-14-11-15-8-10-17(21(4,5)6)13-19(15)18(14)12-16;1-8-5-6-9(7-8)10(2,3)4;2*1-2-4-6-5-3-1;;;;/h7-13H,1-6H3;6-8H,1-4H3;2*1-5H;1H2;2*1H;/q4*-1;;;;+2/p-2. The van der Waals surface area contributed by atoms with Gasteiger partial charge in [0.1, 0.15) is 0 Å². The molecule has 0 nitrogen and oxygen atoms in total. The Bertz CT molecular complexity index is 1470. The SMILES string of the molecule is CC(C)(C)c1ccc2[cH-]c3ccc(C(C)(C)C)cc3c2c1.CC1[C-]=CC(C(C)(C)C)=C1.[CH2]=[Zr+2].[Cl-].[Cl-].[c-]1ccccc1.[c-]1ccccc1. The molecule has 0 radical (unpaired) electrons. The minimum absolute atomic E-state index is 0. The van der Waals surface area contributed by atoms with E-state index in [1.54, 1.807) is 0 Å². The molecule has 6 rings (SSSR count). The van der Waals surface area contributed by atoms with Crippen molar-refractivity contribution in [3.8, 4) is 0 Å². The molecule has 1 unspecified atom stereocenters. The van der Waals surface area contributed by atoms with Crippen LogP contribution in [-0.4, -0.2) is 4.21 Å². The zero-order chi connectivity index (χ0) is 33.7. The van der Waals surface area contributed by atoms with Crippen LogP contribution in [0.2, 0.25) is 0 Å². The van der Waals surface area contributed by atoms with Crippen LogP contribution in [0.4, 0.5) is 0 Å². The van der Waals surface area contributed by atoms with Crippen molar-refractivity contribution in [2.45, 2.75) is 80.1 Å². The number of benzene rings is 4. The molecule has 0 heterocycles. The van der Waals surface area contributed by atoms with Gasteiger partial charge in [-0.25, -0.2) is 6.08 Å². The molecule has 1 atom stereocenters. The van der Waals surface area contributed by atoms with Gasteiger partial charge in [0.25, 0.3) is 0 Å². The van der Waals surface area contributed by atoms with Gasteiger partial charge in [0.15, 0.2) is 0 Å². The average Bonchev–Trinajstić information content (AvgIpc) is 3.63. The van der Waals surface area contributed by atoms with Crippen LogP contribution in [0, 0.1) is 29.5 Å². The fourth-order valence-electron chi connectivity index (χ4n) is 4.67. The van der Waals surface area contributed by atoms with Gasteiger partial charge in [-0.3, -0.25) is 6.08 Å². The molecule has 0 amide bonds. The maximum Gasteiger partial charge on any atom is -0.171 e. The molecule has 0 spiro atoms. The van der Waals surface area contributed by atoms with Crippen LogP contribution >= 0.6 is 0 Å². The van der Waals surface area contributed by atoms with Crippen molar-refractivity contribution in [1.29, 1.82) is 0 Å². The first-order valence-corrected chi connectivity index (χ1v) is 17.5. The van der Waals surface area contributed by atoms with Gasteiger partial charge in [-0.2, -0.15) is 84.4 Å². The Morgan fingerprint density at radius 1 is 0.596 bits per heavy atom. The van der Waals surface area contributed by atoms with Crippen molar-refractivity contribution in [1.82, 2.24) is 0 Å². The third-order valence-corrected chi connectivity index (χ3v) is 7.45. The third-order valence-electron chi connectivity index (χ3n) is 7.45. The smallest absolute Gasteiger partial charge is 0.171 e. The molecule has 0 N–H and O–H groups in total. The van der Waals surface area contributed by atoms with E-state index in [1.165, 1.54) is 62.5 Å². The van der Waals surface area contributed by atoms with Crippen LogP contribution in [0.5, 0.6) is 0 Å². The number of halogens is 2. The zero-order valence-corrected chi connectivity index (χ0v) is 34.0. The molecule has 0 aromatic heterocycles. The van der Waals surface area contributed by atoms with E-state index in [0.29, 0.717) is 11.3 Å². The third kappa shape index (κ3) is 15.1. The van der Waals surface area contributed by atoms with Crippen molar-refractivity contribution in [3.05, 3.63) is 150 Å². The number of hydrogen-bond acceptors (Lipinski definition) is 0. The van der Waals surface area contributed by atoms with Crippen molar-refractivity contribution < 1.29 is 49.0 Å². The summed E-state index contributed by atoms with van der Waals surface area (Å²) in [5, 5.41) is 5.49. The van der Waals surface area contributed by atoms with E-state index >= 15 is 0 Å². The number of allylic oxidation sites excluding steroid dienone is 4. The van der Waals surface area contributed by atoms with E-state index in [9.17, 15) is 0 Å². The van der Waals surface area contributed by atoms with Crippen molar-refractivity contribution in [2.24, 2.45) is 11.3 Å². The van der Waals surface area contributed by atoms with E-state index in [1.807, 2.05) is 60.7 Å². The first kappa shape index (κ1) is 44.6. The van der Waals surface area contributed by atoms with E-state index in [-0.39, 0.29) is 35.6 Å². The summed E-state index contributed by atoms with van der Waals surface area (Å²) < 4.78 is 3.34. The fourth-order valence-corrected chi connectivity index (χ4v) is 4.67. The normalized spacial score (nSPS) is 13.4. The summed E-state index contributed by atoms with van der Waals surface area (Å²) >= 11 is 1.30. The molecule has 0 bridgehead atoms.